The van der Waals surface area contributed by atoms with Gasteiger partial charge in [0, 0.05) is 4.47 Å². The zero-order valence-corrected chi connectivity index (χ0v) is 20.2. The first kappa shape index (κ1) is 22.7. The lowest BCUT2D eigenvalue weighted by Crippen LogP contribution is -2.54. The highest BCUT2D eigenvalue weighted by Crippen LogP contribution is 2.26. The van der Waals surface area contributed by atoms with Crippen LogP contribution in [0.2, 0.25) is 0 Å². The lowest BCUT2D eigenvalue weighted by atomic mass is 9.99. The summed E-state index contributed by atoms with van der Waals surface area (Å²) >= 11 is 3.62. The third-order valence-corrected chi connectivity index (χ3v) is 6.16. The number of aryl methyl sites for hydroxylation is 3. The molecule has 3 aromatic rings. The molecule has 1 aliphatic rings. The summed E-state index contributed by atoms with van der Waals surface area (Å²) in [6, 6.07) is 18.5. The van der Waals surface area contributed by atoms with Crippen LogP contribution in [0.5, 0.6) is 0 Å². The van der Waals surface area contributed by atoms with E-state index in [1.807, 2.05) is 31.2 Å². The first-order valence-corrected chi connectivity index (χ1v) is 11.3. The molecule has 1 N–H and O–H groups in total. The number of nitrogens with one attached hydrogen (secondary N) is 1. The van der Waals surface area contributed by atoms with Crippen LogP contribution >= 0.6 is 15.9 Å². The highest BCUT2D eigenvalue weighted by Gasteiger charge is 2.36. The smallest absolute Gasteiger partial charge is 0.273 e. The summed E-state index contributed by atoms with van der Waals surface area (Å²) in [4.78, 5) is 38.9. The molecule has 4 rings (SSSR count). The number of anilines is 1. The Morgan fingerprint density at radius 3 is 2.27 bits per heavy atom. The Morgan fingerprint density at radius 2 is 1.61 bits per heavy atom. The minimum atomic E-state index is -0.752. The van der Waals surface area contributed by atoms with Crippen LogP contribution in [0.25, 0.3) is 6.08 Å². The number of nitrogens with zero attached hydrogens (tertiary/aromatic N) is 1. The van der Waals surface area contributed by atoms with Gasteiger partial charge in [-0.25, -0.2) is 9.69 Å². The van der Waals surface area contributed by atoms with E-state index in [0.29, 0.717) is 11.3 Å². The predicted molar refractivity (Wildman–Crippen MR) is 133 cm³/mol. The molecule has 6 heteroatoms. The zero-order chi connectivity index (χ0) is 23.7. The van der Waals surface area contributed by atoms with Gasteiger partial charge in [0.05, 0.1) is 5.69 Å². The fourth-order valence-corrected chi connectivity index (χ4v) is 4.55. The molecule has 1 fully saturated rings. The molecule has 4 amide bonds. The van der Waals surface area contributed by atoms with Gasteiger partial charge in [0.1, 0.15) is 5.57 Å². The Hall–Kier alpha value is -3.51. The van der Waals surface area contributed by atoms with Crippen molar-refractivity contribution in [3.05, 3.63) is 104 Å². The summed E-state index contributed by atoms with van der Waals surface area (Å²) in [6.07, 6.45) is 2.27. The van der Waals surface area contributed by atoms with Gasteiger partial charge in [-0.05, 0) is 73.7 Å². The van der Waals surface area contributed by atoms with Crippen molar-refractivity contribution in [2.24, 2.45) is 0 Å². The second-order valence-corrected chi connectivity index (χ2v) is 9.17. The topological polar surface area (TPSA) is 66.5 Å². The Labute approximate surface area is 201 Å². The van der Waals surface area contributed by atoms with Gasteiger partial charge in [0.25, 0.3) is 11.8 Å². The third-order valence-electron chi connectivity index (χ3n) is 5.43. The number of rotatable bonds is 4. The van der Waals surface area contributed by atoms with E-state index in [4.69, 9.17) is 0 Å². The van der Waals surface area contributed by atoms with Crippen LogP contribution < -0.4 is 10.2 Å². The fraction of sp³-hybridized carbons (Fsp3) is 0.148. The van der Waals surface area contributed by atoms with Crippen molar-refractivity contribution >= 4 is 45.5 Å². The van der Waals surface area contributed by atoms with Crippen molar-refractivity contribution in [3.63, 3.8) is 0 Å². The van der Waals surface area contributed by atoms with Gasteiger partial charge >= 0.3 is 6.03 Å². The number of urea groups is 1. The molecular weight excluding hydrogens is 480 g/mol. The summed E-state index contributed by atoms with van der Waals surface area (Å²) < 4.78 is 0.881. The number of hydrogen-bond donors (Lipinski definition) is 1. The van der Waals surface area contributed by atoms with E-state index < -0.39 is 17.8 Å². The average Bonchev–Trinajstić information content (AvgIpc) is 2.72. The Balaban J connectivity index is 1.63. The van der Waals surface area contributed by atoms with E-state index in [2.05, 4.69) is 53.3 Å². The minimum absolute atomic E-state index is 0.0925. The van der Waals surface area contributed by atoms with E-state index in [1.165, 1.54) is 22.8 Å². The summed E-state index contributed by atoms with van der Waals surface area (Å²) in [6.45, 7) is 6.03. The number of hydrogen-bond acceptors (Lipinski definition) is 3. The standard InChI is InChI=1S/C27H23BrN2O3/c1-16-5-4-6-22(12-16)30-26(32)23(25(31)29-27(30)33)14-19-7-8-21(24(28)15-19)13-20-10-17(2)9-18(3)11-20/h4-12,14-15H,13H2,1-3H3,(H,29,31,33)/b23-14+. The summed E-state index contributed by atoms with van der Waals surface area (Å²) in [5.41, 5.74) is 6.66. The van der Waals surface area contributed by atoms with Crippen LogP contribution in [-0.4, -0.2) is 17.8 Å². The molecular formula is C27H23BrN2O3. The minimum Gasteiger partial charge on any atom is -0.273 e. The normalized spacial score (nSPS) is 15.2. The molecule has 0 radical (unpaired) electrons. The Kier molecular flexibility index (Phi) is 6.29. The van der Waals surface area contributed by atoms with E-state index in [9.17, 15) is 14.4 Å². The molecule has 1 saturated heterocycles. The van der Waals surface area contributed by atoms with Gasteiger partial charge in [-0.2, -0.15) is 0 Å². The van der Waals surface area contributed by atoms with Crippen LogP contribution in [0.1, 0.15) is 33.4 Å². The molecule has 3 aromatic carbocycles. The summed E-state index contributed by atoms with van der Waals surface area (Å²) in [7, 11) is 0. The SMILES string of the molecule is Cc1cc(C)cc(Cc2ccc(/C=C3\C(=O)NC(=O)N(c4cccc(C)c4)C3=O)cc2Br)c1. The number of benzene rings is 3. The molecule has 0 aromatic heterocycles. The first-order valence-electron chi connectivity index (χ1n) is 10.5. The molecule has 1 heterocycles. The fourth-order valence-electron chi connectivity index (χ4n) is 4.01. The summed E-state index contributed by atoms with van der Waals surface area (Å²) in [5, 5.41) is 2.26. The van der Waals surface area contributed by atoms with Crippen LogP contribution in [0.4, 0.5) is 10.5 Å². The number of carbonyl (C=O) groups is 3. The highest BCUT2D eigenvalue weighted by molar-refractivity contribution is 9.10. The van der Waals surface area contributed by atoms with Crippen molar-refractivity contribution in [1.29, 1.82) is 0 Å². The van der Waals surface area contributed by atoms with Gasteiger partial charge in [0.2, 0.25) is 0 Å². The molecule has 1 aliphatic heterocycles. The van der Waals surface area contributed by atoms with Crippen molar-refractivity contribution in [2.75, 3.05) is 4.90 Å². The average molecular weight is 503 g/mol. The van der Waals surface area contributed by atoms with Crippen molar-refractivity contribution in [2.45, 2.75) is 27.2 Å². The molecule has 166 valence electrons. The highest BCUT2D eigenvalue weighted by atomic mass is 79.9. The van der Waals surface area contributed by atoms with Crippen LogP contribution in [0, 0.1) is 20.8 Å². The number of imide groups is 2. The van der Waals surface area contributed by atoms with Crippen LogP contribution in [-0.2, 0) is 16.0 Å². The second kappa shape index (κ2) is 9.16. The second-order valence-electron chi connectivity index (χ2n) is 8.32. The number of halogens is 1. The van der Waals surface area contributed by atoms with Crippen LogP contribution in [0.15, 0.2) is 70.7 Å². The van der Waals surface area contributed by atoms with Gasteiger partial charge in [-0.3, -0.25) is 14.9 Å². The van der Waals surface area contributed by atoms with E-state index in [1.54, 1.807) is 18.2 Å². The number of amides is 4. The molecule has 5 nitrogen and oxygen atoms in total. The predicted octanol–water partition coefficient (Wildman–Crippen LogP) is 5.63. The number of carbonyl (C=O) groups excluding carboxylic acids is 3. The molecule has 0 spiro atoms. The molecule has 0 bridgehead atoms. The van der Waals surface area contributed by atoms with Gasteiger partial charge in [-0.1, -0.05) is 69.5 Å². The van der Waals surface area contributed by atoms with Crippen molar-refractivity contribution in [3.8, 4) is 0 Å². The quantitative estimate of drug-likeness (QED) is 0.371. The largest absolute Gasteiger partial charge is 0.335 e. The maximum absolute atomic E-state index is 13.1. The number of barbiturate groups is 1. The lowest BCUT2D eigenvalue weighted by Gasteiger charge is -2.26. The van der Waals surface area contributed by atoms with Gasteiger partial charge in [0.15, 0.2) is 0 Å². The van der Waals surface area contributed by atoms with E-state index in [-0.39, 0.29) is 5.57 Å². The van der Waals surface area contributed by atoms with Crippen LogP contribution in [0.3, 0.4) is 0 Å². The first-order chi connectivity index (χ1) is 15.7. The maximum atomic E-state index is 13.1. The van der Waals surface area contributed by atoms with Crippen molar-refractivity contribution in [1.82, 2.24) is 5.32 Å². The maximum Gasteiger partial charge on any atom is 0.335 e. The molecule has 0 aliphatic carbocycles. The Morgan fingerprint density at radius 1 is 0.879 bits per heavy atom. The van der Waals surface area contributed by atoms with Gasteiger partial charge < -0.3 is 0 Å². The Bertz CT molecular complexity index is 1310. The van der Waals surface area contributed by atoms with Gasteiger partial charge in [-0.15, -0.1) is 0 Å². The zero-order valence-electron chi connectivity index (χ0n) is 18.6. The molecule has 33 heavy (non-hydrogen) atoms. The molecule has 0 unspecified atom stereocenters. The third kappa shape index (κ3) is 4.96. The van der Waals surface area contributed by atoms with E-state index >= 15 is 0 Å². The monoisotopic (exact) mass is 502 g/mol. The molecule has 0 atom stereocenters. The van der Waals surface area contributed by atoms with E-state index in [0.717, 1.165) is 26.9 Å². The lowest BCUT2D eigenvalue weighted by molar-refractivity contribution is -0.122. The summed E-state index contributed by atoms with van der Waals surface area (Å²) in [5.74, 6) is -1.35. The van der Waals surface area contributed by atoms with Crippen molar-refractivity contribution < 1.29 is 14.4 Å². The molecule has 0 saturated carbocycles.